The molecule has 27 heavy (non-hydrogen) atoms. The van der Waals surface area contributed by atoms with Crippen LogP contribution in [-0.4, -0.2) is 26.7 Å². The van der Waals surface area contributed by atoms with Crippen LogP contribution in [0.3, 0.4) is 0 Å². The Bertz CT molecular complexity index is 1030. The summed E-state index contributed by atoms with van der Waals surface area (Å²) in [6, 6.07) is 15.9. The number of nitrogens with zero attached hydrogens (tertiary/aromatic N) is 2. The van der Waals surface area contributed by atoms with Gasteiger partial charge in [-0.05, 0) is 48.6 Å². The number of aromatic nitrogens is 3. The lowest BCUT2D eigenvalue weighted by atomic mass is 9.98. The Labute approximate surface area is 157 Å². The van der Waals surface area contributed by atoms with Crippen molar-refractivity contribution >= 4 is 5.91 Å². The van der Waals surface area contributed by atoms with E-state index in [-0.39, 0.29) is 17.6 Å². The van der Waals surface area contributed by atoms with E-state index >= 15 is 0 Å². The molecule has 3 aromatic rings. The van der Waals surface area contributed by atoms with Crippen LogP contribution >= 0.6 is 0 Å². The van der Waals surface area contributed by atoms with E-state index < -0.39 is 0 Å². The number of H-pyrrole nitrogens is 1. The number of fused-ring (bicyclic) bond motifs is 1. The zero-order valence-corrected chi connectivity index (χ0v) is 15.2. The van der Waals surface area contributed by atoms with Crippen molar-refractivity contribution in [2.24, 2.45) is 0 Å². The molecule has 0 spiro atoms. The molecular weight excluding hydrogens is 340 g/mol. The Kier molecular flexibility index (Phi) is 4.62. The van der Waals surface area contributed by atoms with Gasteiger partial charge in [-0.3, -0.25) is 9.36 Å². The molecule has 1 aliphatic heterocycles. The van der Waals surface area contributed by atoms with Crippen molar-refractivity contribution in [1.82, 2.24) is 20.1 Å². The maximum atomic E-state index is 12.8. The maximum absolute atomic E-state index is 12.8. The lowest BCUT2D eigenvalue weighted by Crippen LogP contribution is -2.35. The van der Waals surface area contributed by atoms with E-state index in [0.717, 1.165) is 29.8 Å². The van der Waals surface area contributed by atoms with Crippen LogP contribution in [0.25, 0.3) is 11.1 Å². The molecule has 138 valence electrons. The van der Waals surface area contributed by atoms with E-state index in [0.29, 0.717) is 18.5 Å². The zero-order chi connectivity index (χ0) is 18.8. The fraction of sp³-hybridized carbons (Fsp3) is 0.286. The number of aryl methyl sites for hydroxylation is 2. The first-order valence-electron chi connectivity index (χ1n) is 9.23. The minimum absolute atomic E-state index is 0.0284. The molecule has 0 bridgehead atoms. The molecule has 6 nitrogen and oxygen atoms in total. The quantitative estimate of drug-likeness (QED) is 0.752. The molecular formula is C21H22N4O2. The molecule has 0 aliphatic carbocycles. The second kappa shape index (κ2) is 7.23. The Morgan fingerprint density at radius 3 is 2.89 bits per heavy atom. The van der Waals surface area contributed by atoms with Crippen molar-refractivity contribution in [1.29, 1.82) is 0 Å². The minimum atomic E-state index is -0.178. The summed E-state index contributed by atoms with van der Waals surface area (Å²) in [5.74, 6) is 0.683. The van der Waals surface area contributed by atoms with Gasteiger partial charge in [0.05, 0.1) is 0 Å². The number of hydrogen-bond acceptors (Lipinski definition) is 3. The highest BCUT2D eigenvalue weighted by atomic mass is 16.2. The number of nitrogens with one attached hydrogen (secondary N) is 2. The molecule has 0 fully saturated rings. The van der Waals surface area contributed by atoms with Crippen molar-refractivity contribution in [2.75, 3.05) is 0 Å². The van der Waals surface area contributed by atoms with Crippen LogP contribution in [0.2, 0.25) is 0 Å². The largest absolute Gasteiger partial charge is 0.349 e. The van der Waals surface area contributed by atoms with Gasteiger partial charge in [0.15, 0.2) is 0 Å². The topological polar surface area (TPSA) is 79.8 Å². The molecule has 2 aromatic carbocycles. The van der Waals surface area contributed by atoms with Crippen LogP contribution in [-0.2, 0) is 13.0 Å². The third kappa shape index (κ3) is 3.56. The summed E-state index contributed by atoms with van der Waals surface area (Å²) >= 11 is 0. The first-order valence-corrected chi connectivity index (χ1v) is 9.23. The van der Waals surface area contributed by atoms with E-state index in [1.807, 2.05) is 36.4 Å². The lowest BCUT2D eigenvalue weighted by Gasteiger charge is -2.16. The second-order valence-electron chi connectivity index (χ2n) is 6.99. The van der Waals surface area contributed by atoms with Gasteiger partial charge in [-0.2, -0.15) is 5.10 Å². The molecule has 1 atom stereocenters. The van der Waals surface area contributed by atoms with Gasteiger partial charge in [0.1, 0.15) is 5.82 Å². The molecule has 1 unspecified atom stereocenters. The van der Waals surface area contributed by atoms with Gasteiger partial charge in [0.25, 0.3) is 5.91 Å². The van der Waals surface area contributed by atoms with Crippen LogP contribution in [0.15, 0.2) is 53.3 Å². The number of aromatic amines is 1. The van der Waals surface area contributed by atoms with Gasteiger partial charge in [-0.15, -0.1) is 0 Å². The van der Waals surface area contributed by atoms with Crippen molar-refractivity contribution < 1.29 is 4.79 Å². The zero-order valence-electron chi connectivity index (χ0n) is 15.2. The van der Waals surface area contributed by atoms with Gasteiger partial charge in [0, 0.05) is 24.6 Å². The Balaban J connectivity index is 1.48. The van der Waals surface area contributed by atoms with Crippen molar-refractivity contribution in [3.05, 3.63) is 76.0 Å². The van der Waals surface area contributed by atoms with Crippen molar-refractivity contribution in [3.63, 3.8) is 0 Å². The molecule has 4 rings (SSSR count). The summed E-state index contributed by atoms with van der Waals surface area (Å²) in [5, 5.41) is 9.66. The number of amides is 1. The Morgan fingerprint density at radius 1 is 1.19 bits per heavy atom. The van der Waals surface area contributed by atoms with E-state index in [2.05, 4.69) is 34.6 Å². The van der Waals surface area contributed by atoms with Crippen molar-refractivity contribution in [3.8, 4) is 11.1 Å². The Morgan fingerprint density at radius 2 is 2.04 bits per heavy atom. The van der Waals surface area contributed by atoms with E-state index in [4.69, 9.17) is 0 Å². The predicted molar refractivity (Wildman–Crippen MR) is 104 cm³/mol. The third-order valence-electron chi connectivity index (χ3n) is 5.17. The van der Waals surface area contributed by atoms with Gasteiger partial charge in [0.2, 0.25) is 0 Å². The number of rotatable bonds is 3. The summed E-state index contributed by atoms with van der Waals surface area (Å²) < 4.78 is 1.66. The number of hydrogen-bond donors (Lipinski definition) is 2. The predicted octanol–water partition coefficient (Wildman–Crippen LogP) is 2.68. The van der Waals surface area contributed by atoms with Crippen molar-refractivity contribution in [2.45, 2.75) is 38.8 Å². The van der Waals surface area contributed by atoms with Crippen LogP contribution in [0, 0.1) is 6.92 Å². The number of carbonyl (C=O) groups excluding carboxylic acids is 1. The summed E-state index contributed by atoms with van der Waals surface area (Å²) in [4.78, 5) is 24.5. The standard InChI is InChI=1S/C21H22N4O2/c1-14-5-2-3-8-18(14)15-6-4-7-16(13-15)20(26)22-17-9-10-19-23-24-21(27)25(19)12-11-17/h2-8,13,17H,9-12H2,1H3,(H,22,26)(H,24,27). The van der Waals surface area contributed by atoms with E-state index in [1.54, 1.807) is 4.57 Å². The van der Waals surface area contributed by atoms with Gasteiger partial charge in [-0.25, -0.2) is 9.89 Å². The van der Waals surface area contributed by atoms with E-state index in [9.17, 15) is 9.59 Å². The molecule has 0 saturated heterocycles. The SMILES string of the molecule is Cc1ccccc1-c1cccc(C(=O)NC2CCc3n[nH]c(=O)n3CC2)c1. The van der Waals surface area contributed by atoms with Crippen LogP contribution < -0.4 is 11.0 Å². The molecule has 0 saturated carbocycles. The average Bonchev–Trinajstić information content (AvgIpc) is 2.91. The smallest absolute Gasteiger partial charge is 0.343 e. The highest BCUT2D eigenvalue weighted by Gasteiger charge is 2.21. The monoisotopic (exact) mass is 362 g/mol. The molecule has 1 aliphatic rings. The van der Waals surface area contributed by atoms with Crippen LogP contribution in [0.5, 0.6) is 0 Å². The number of benzene rings is 2. The molecule has 1 amide bonds. The first kappa shape index (κ1) is 17.3. The first-order chi connectivity index (χ1) is 13.1. The average molecular weight is 362 g/mol. The minimum Gasteiger partial charge on any atom is -0.349 e. The lowest BCUT2D eigenvalue weighted by molar-refractivity contribution is 0.0933. The number of carbonyl (C=O) groups is 1. The van der Waals surface area contributed by atoms with E-state index in [1.165, 1.54) is 5.56 Å². The highest BCUT2D eigenvalue weighted by molar-refractivity contribution is 5.95. The maximum Gasteiger partial charge on any atom is 0.343 e. The molecule has 0 radical (unpaired) electrons. The van der Waals surface area contributed by atoms with Gasteiger partial charge in [-0.1, -0.05) is 36.4 Å². The normalized spacial score (nSPS) is 16.4. The Hall–Kier alpha value is -3.15. The molecule has 2 N–H and O–H groups in total. The highest BCUT2D eigenvalue weighted by Crippen LogP contribution is 2.24. The summed E-state index contributed by atoms with van der Waals surface area (Å²) in [6.45, 7) is 2.64. The van der Waals surface area contributed by atoms with Crippen LogP contribution in [0.1, 0.15) is 34.6 Å². The summed E-state index contributed by atoms with van der Waals surface area (Å²) in [6.07, 6.45) is 2.16. The fourth-order valence-corrected chi connectivity index (χ4v) is 3.64. The summed E-state index contributed by atoms with van der Waals surface area (Å²) in [7, 11) is 0. The second-order valence-corrected chi connectivity index (χ2v) is 6.99. The van der Waals surface area contributed by atoms with Gasteiger partial charge >= 0.3 is 5.69 Å². The summed E-state index contributed by atoms with van der Waals surface area (Å²) in [5.41, 5.74) is 3.82. The fourth-order valence-electron chi connectivity index (χ4n) is 3.64. The molecule has 1 aromatic heterocycles. The van der Waals surface area contributed by atoms with Crippen LogP contribution in [0.4, 0.5) is 0 Å². The molecule has 2 heterocycles. The third-order valence-corrected chi connectivity index (χ3v) is 5.17. The van der Waals surface area contributed by atoms with Gasteiger partial charge < -0.3 is 5.32 Å². The molecule has 6 heteroatoms.